The number of piperidine rings is 1. The highest BCUT2D eigenvalue weighted by Crippen LogP contribution is 2.34. The maximum absolute atomic E-state index is 12.8. The predicted octanol–water partition coefficient (Wildman–Crippen LogP) is 6.93. The summed E-state index contributed by atoms with van der Waals surface area (Å²) in [4.78, 5) is 25.0. The van der Waals surface area contributed by atoms with Crippen LogP contribution in [0, 0.1) is 12.8 Å². The number of nitrogens with one attached hydrogen (secondary N) is 1. The Kier molecular flexibility index (Phi) is 9.96. The van der Waals surface area contributed by atoms with Crippen LogP contribution < -0.4 is 5.32 Å². The van der Waals surface area contributed by atoms with Crippen LogP contribution in [-0.2, 0) is 17.8 Å². The molecule has 1 saturated heterocycles. The highest BCUT2D eigenvalue weighted by atomic mass is 16.3. The Morgan fingerprint density at radius 2 is 1.60 bits per heavy atom. The molecule has 246 valence electrons. The minimum absolute atomic E-state index is 0.00229. The van der Waals surface area contributed by atoms with Crippen molar-refractivity contribution in [3.8, 4) is 33.9 Å². The number of aromatic nitrogens is 4. The van der Waals surface area contributed by atoms with Crippen LogP contribution in [0.2, 0.25) is 0 Å². The first-order chi connectivity index (χ1) is 23.4. The number of pyridine rings is 1. The molecule has 1 fully saturated rings. The van der Waals surface area contributed by atoms with Gasteiger partial charge in [0.1, 0.15) is 0 Å². The molecule has 3 aromatic carbocycles. The number of likely N-dealkylation sites (tertiary alicyclic amines) is 1. The zero-order valence-corrected chi connectivity index (χ0v) is 27.7. The topological polar surface area (TPSA) is 116 Å². The van der Waals surface area contributed by atoms with Gasteiger partial charge in [-0.05, 0) is 74.2 Å². The number of benzene rings is 3. The molecular formula is C39H42N6O3. The van der Waals surface area contributed by atoms with Crippen molar-refractivity contribution in [1.82, 2.24) is 29.8 Å². The molecule has 0 aliphatic carbocycles. The van der Waals surface area contributed by atoms with Gasteiger partial charge in [-0.25, -0.2) is 9.97 Å². The van der Waals surface area contributed by atoms with Gasteiger partial charge in [-0.1, -0.05) is 74.5 Å². The van der Waals surface area contributed by atoms with Gasteiger partial charge in [0.05, 0.1) is 11.4 Å². The van der Waals surface area contributed by atoms with E-state index >= 15 is 0 Å². The Balaban J connectivity index is 0.00000197. The number of hydrogen-bond acceptors (Lipinski definition) is 7. The number of phenolic OH excluding ortho intramolecular Hbond substituents is 2. The van der Waals surface area contributed by atoms with Gasteiger partial charge in [0.15, 0.2) is 22.8 Å². The number of carbonyl (C=O) groups is 1. The van der Waals surface area contributed by atoms with Crippen molar-refractivity contribution in [3.05, 3.63) is 108 Å². The van der Waals surface area contributed by atoms with E-state index in [0.717, 1.165) is 82.8 Å². The van der Waals surface area contributed by atoms with E-state index in [9.17, 15) is 15.0 Å². The summed E-state index contributed by atoms with van der Waals surface area (Å²) in [6.07, 6.45) is 4.11. The van der Waals surface area contributed by atoms with Crippen LogP contribution in [0.4, 0.5) is 0 Å². The van der Waals surface area contributed by atoms with Gasteiger partial charge >= 0.3 is 0 Å². The van der Waals surface area contributed by atoms with Crippen molar-refractivity contribution in [2.75, 3.05) is 19.6 Å². The van der Waals surface area contributed by atoms with E-state index < -0.39 is 0 Å². The summed E-state index contributed by atoms with van der Waals surface area (Å²) >= 11 is 0. The Bertz CT molecular complexity index is 2020. The van der Waals surface area contributed by atoms with E-state index in [4.69, 9.17) is 4.98 Å². The molecule has 0 saturated carbocycles. The van der Waals surface area contributed by atoms with Gasteiger partial charge in [0.2, 0.25) is 5.91 Å². The number of fused-ring (bicyclic) bond motifs is 3. The summed E-state index contributed by atoms with van der Waals surface area (Å²) in [6, 6.07) is 27.8. The smallest absolute Gasteiger partial charge is 0.223 e. The fourth-order valence-corrected chi connectivity index (χ4v) is 6.29. The van der Waals surface area contributed by atoms with Gasteiger partial charge in [0, 0.05) is 47.8 Å². The lowest BCUT2D eigenvalue weighted by molar-refractivity contribution is -0.126. The van der Waals surface area contributed by atoms with Crippen LogP contribution in [0.5, 0.6) is 11.5 Å². The summed E-state index contributed by atoms with van der Waals surface area (Å²) in [6.45, 7) is 9.02. The van der Waals surface area contributed by atoms with Crippen molar-refractivity contribution in [2.24, 2.45) is 5.92 Å². The maximum atomic E-state index is 12.8. The molecule has 4 heterocycles. The Labute approximate surface area is 280 Å². The molecule has 0 unspecified atom stereocenters. The third-order valence-corrected chi connectivity index (χ3v) is 8.81. The quantitative estimate of drug-likeness (QED) is 0.154. The number of rotatable bonds is 8. The standard InChI is InChI=1S/C37H36N6O3.C2H6/c1-24-19-34-39-22-30-21-31(27-5-3-2-4-6-27)35(40-36(30)43(34)41-24)28-10-7-26(8-11-28)23-42-17-14-29(15-18-42)37(46)38-16-13-25-9-12-32(44)33(45)20-25;1-2/h2-12,19-22,29,44-45H,13-18,23H2,1H3,(H,38,46);1-2H3. The first-order valence-electron chi connectivity index (χ1n) is 16.7. The molecule has 7 rings (SSSR count). The number of phenols is 2. The number of aromatic hydroxyl groups is 2. The molecule has 0 spiro atoms. The molecule has 1 aliphatic rings. The molecule has 3 aromatic heterocycles. The minimum atomic E-state index is -0.142. The van der Waals surface area contributed by atoms with Gasteiger partial charge in [-0.3, -0.25) is 9.69 Å². The van der Waals surface area contributed by atoms with E-state index in [1.807, 2.05) is 55.7 Å². The third kappa shape index (κ3) is 7.16. The Hall–Kier alpha value is -5.28. The number of carbonyl (C=O) groups excluding carboxylic acids is 1. The molecule has 0 radical (unpaired) electrons. The Morgan fingerprint density at radius 3 is 2.33 bits per heavy atom. The van der Waals surface area contributed by atoms with Crippen molar-refractivity contribution < 1.29 is 15.0 Å². The van der Waals surface area contributed by atoms with Crippen LogP contribution in [0.3, 0.4) is 0 Å². The van der Waals surface area contributed by atoms with E-state index in [2.05, 4.69) is 62.8 Å². The zero-order chi connectivity index (χ0) is 33.6. The lowest BCUT2D eigenvalue weighted by Crippen LogP contribution is -2.40. The van der Waals surface area contributed by atoms with E-state index in [0.29, 0.717) is 13.0 Å². The predicted molar refractivity (Wildman–Crippen MR) is 190 cm³/mol. The number of amides is 1. The first kappa shape index (κ1) is 32.7. The molecule has 1 aliphatic heterocycles. The fourth-order valence-electron chi connectivity index (χ4n) is 6.29. The summed E-state index contributed by atoms with van der Waals surface area (Å²) in [7, 11) is 0. The van der Waals surface area contributed by atoms with Crippen LogP contribution in [0.1, 0.15) is 43.5 Å². The van der Waals surface area contributed by atoms with Crippen LogP contribution in [0.15, 0.2) is 91.1 Å². The molecule has 0 atom stereocenters. The molecule has 9 nitrogen and oxygen atoms in total. The maximum Gasteiger partial charge on any atom is 0.223 e. The summed E-state index contributed by atoms with van der Waals surface area (Å²) in [5.41, 5.74) is 8.64. The summed E-state index contributed by atoms with van der Waals surface area (Å²) in [5.74, 6) is -0.194. The van der Waals surface area contributed by atoms with Gasteiger partial charge in [0.25, 0.3) is 0 Å². The lowest BCUT2D eigenvalue weighted by atomic mass is 9.95. The average Bonchev–Trinajstić information content (AvgIpc) is 3.52. The lowest BCUT2D eigenvalue weighted by Gasteiger charge is -2.31. The highest BCUT2D eigenvalue weighted by molar-refractivity contribution is 5.90. The average molecular weight is 643 g/mol. The minimum Gasteiger partial charge on any atom is -0.504 e. The van der Waals surface area contributed by atoms with Crippen molar-refractivity contribution in [3.63, 3.8) is 0 Å². The molecule has 9 heteroatoms. The van der Waals surface area contributed by atoms with Crippen molar-refractivity contribution >= 4 is 22.6 Å². The molecule has 6 aromatic rings. The Morgan fingerprint density at radius 1 is 0.875 bits per heavy atom. The van der Waals surface area contributed by atoms with Crippen LogP contribution in [-0.4, -0.2) is 60.2 Å². The second-order valence-corrected chi connectivity index (χ2v) is 12.1. The largest absolute Gasteiger partial charge is 0.504 e. The monoisotopic (exact) mass is 642 g/mol. The van der Waals surface area contributed by atoms with E-state index in [1.54, 1.807) is 6.07 Å². The summed E-state index contributed by atoms with van der Waals surface area (Å²) < 4.78 is 1.82. The number of nitrogens with zero attached hydrogens (tertiary/aromatic N) is 5. The van der Waals surface area contributed by atoms with Gasteiger partial charge in [-0.2, -0.15) is 9.61 Å². The van der Waals surface area contributed by atoms with Crippen molar-refractivity contribution in [2.45, 2.75) is 46.6 Å². The number of hydrogen-bond donors (Lipinski definition) is 3. The second kappa shape index (κ2) is 14.6. The van der Waals surface area contributed by atoms with E-state index in [-0.39, 0.29) is 23.3 Å². The third-order valence-electron chi connectivity index (χ3n) is 8.81. The molecule has 0 bridgehead atoms. The van der Waals surface area contributed by atoms with E-state index in [1.165, 1.54) is 17.7 Å². The van der Waals surface area contributed by atoms with Crippen LogP contribution in [0.25, 0.3) is 39.1 Å². The second-order valence-electron chi connectivity index (χ2n) is 12.1. The molecule has 48 heavy (non-hydrogen) atoms. The van der Waals surface area contributed by atoms with Gasteiger partial charge in [-0.15, -0.1) is 0 Å². The van der Waals surface area contributed by atoms with Gasteiger partial charge < -0.3 is 15.5 Å². The zero-order valence-electron chi connectivity index (χ0n) is 27.7. The highest BCUT2D eigenvalue weighted by Gasteiger charge is 2.25. The molecular weight excluding hydrogens is 600 g/mol. The SMILES string of the molecule is CC.Cc1cc2ncc3cc(-c4ccccc4)c(-c4ccc(CN5CCC(C(=O)NCCc6ccc(O)c(O)c6)CC5)cc4)nc3n2n1. The summed E-state index contributed by atoms with van der Waals surface area (Å²) in [5, 5.41) is 27.8. The molecule has 3 N–H and O–H groups in total. The first-order valence-corrected chi connectivity index (χ1v) is 16.7. The fraction of sp³-hybridized carbons (Fsp3) is 0.282. The molecule has 1 amide bonds. The normalized spacial score (nSPS) is 13.7. The number of aryl methyl sites for hydroxylation is 1. The van der Waals surface area contributed by atoms with Crippen LogP contribution >= 0.6 is 0 Å². The van der Waals surface area contributed by atoms with Crippen molar-refractivity contribution in [1.29, 1.82) is 0 Å².